The summed E-state index contributed by atoms with van der Waals surface area (Å²) in [4.78, 5) is 6.99. The van der Waals surface area contributed by atoms with Gasteiger partial charge < -0.3 is 14.8 Å². The number of aromatic nitrogens is 2. The van der Waals surface area contributed by atoms with Crippen LogP contribution in [0.25, 0.3) is 0 Å². The molecular formula is C26H29BrN4S. The molecule has 0 bridgehead atoms. The molecule has 32 heavy (non-hydrogen) atoms. The highest BCUT2D eigenvalue weighted by atomic mass is 79.9. The first-order valence-electron chi connectivity index (χ1n) is 11.4. The molecule has 0 spiro atoms. The van der Waals surface area contributed by atoms with Gasteiger partial charge in [0.15, 0.2) is 5.11 Å². The molecule has 3 aromatic rings. The number of rotatable bonds is 4. The van der Waals surface area contributed by atoms with Gasteiger partial charge >= 0.3 is 0 Å². The van der Waals surface area contributed by atoms with E-state index in [9.17, 15) is 0 Å². The summed E-state index contributed by atoms with van der Waals surface area (Å²) in [5.41, 5.74) is 7.35. The van der Waals surface area contributed by atoms with E-state index in [4.69, 9.17) is 17.2 Å². The highest BCUT2D eigenvalue weighted by Crippen LogP contribution is 2.45. The van der Waals surface area contributed by atoms with Crippen LogP contribution in [0.3, 0.4) is 0 Å². The molecule has 2 fully saturated rings. The first-order chi connectivity index (χ1) is 15.5. The predicted octanol–water partition coefficient (Wildman–Crippen LogP) is 6.86. The van der Waals surface area contributed by atoms with Gasteiger partial charge in [0, 0.05) is 33.8 Å². The number of benzene rings is 1. The normalized spacial score (nSPS) is 21.4. The Balaban J connectivity index is 1.65. The van der Waals surface area contributed by atoms with Crippen molar-refractivity contribution in [2.24, 2.45) is 0 Å². The number of nitrogens with zero attached hydrogens (tertiary/aromatic N) is 3. The van der Waals surface area contributed by atoms with E-state index < -0.39 is 0 Å². The summed E-state index contributed by atoms with van der Waals surface area (Å²) in [6.07, 6.45) is 7.07. The van der Waals surface area contributed by atoms with Crippen molar-refractivity contribution < 1.29 is 0 Å². The summed E-state index contributed by atoms with van der Waals surface area (Å²) in [6, 6.07) is 15.6. The average molecular weight is 510 g/mol. The summed E-state index contributed by atoms with van der Waals surface area (Å²) in [6.45, 7) is 6.65. The third-order valence-electron chi connectivity index (χ3n) is 7.05. The smallest absolute Gasteiger partial charge is 0.174 e. The van der Waals surface area contributed by atoms with Gasteiger partial charge in [0.2, 0.25) is 0 Å². The Morgan fingerprint density at radius 1 is 1.06 bits per heavy atom. The zero-order chi connectivity index (χ0) is 22.4. The Kier molecular flexibility index (Phi) is 5.84. The highest BCUT2D eigenvalue weighted by Gasteiger charge is 2.42. The third kappa shape index (κ3) is 3.67. The SMILES string of the molecule is Cc1cc(N2C(=S)N[C@H](c3ccccn3)[C@@H]2c2cc(C)n(C3CCCC3)c2C)ccc1Br. The van der Waals surface area contributed by atoms with Crippen molar-refractivity contribution >= 4 is 38.9 Å². The first-order valence-corrected chi connectivity index (χ1v) is 12.6. The van der Waals surface area contributed by atoms with Crippen molar-refractivity contribution in [2.75, 3.05) is 4.90 Å². The summed E-state index contributed by atoms with van der Waals surface area (Å²) in [7, 11) is 0. The lowest BCUT2D eigenvalue weighted by molar-refractivity contribution is 0.494. The quantitative estimate of drug-likeness (QED) is 0.390. The standard InChI is InChI=1S/C26H29BrN4S/c1-16-14-20(11-12-22(16)27)31-25(24(29-26(31)32)23-10-6-7-13-28-23)21-15-17(2)30(18(21)3)19-8-4-5-9-19/h6-7,10-15,19,24-25H,4-5,8-9H2,1-3H3,(H,29,32)/t24-,25+/m1/s1. The second kappa shape index (κ2) is 8.64. The summed E-state index contributed by atoms with van der Waals surface area (Å²) >= 11 is 9.55. The van der Waals surface area contributed by atoms with Crippen LogP contribution in [0, 0.1) is 20.8 Å². The fraction of sp³-hybridized carbons (Fsp3) is 0.385. The van der Waals surface area contributed by atoms with Crippen molar-refractivity contribution in [1.29, 1.82) is 0 Å². The molecule has 5 rings (SSSR count). The molecule has 2 aromatic heterocycles. The van der Waals surface area contributed by atoms with Crippen molar-refractivity contribution in [2.45, 2.75) is 64.6 Å². The molecule has 0 unspecified atom stereocenters. The third-order valence-corrected chi connectivity index (χ3v) is 8.25. The van der Waals surface area contributed by atoms with E-state index in [1.54, 1.807) is 0 Å². The number of pyridine rings is 1. The molecule has 1 aliphatic heterocycles. The summed E-state index contributed by atoms with van der Waals surface area (Å²) < 4.78 is 3.68. The molecule has 0 radical (unpaired) electrons. The van der Waals surface area contributed by atoms with Crippen molar-refractivity contribution in [3.05, 3.63) is 81.3 Å². The Labute approximate surface area is 204 Å². The van der Waals surface area contributed by atoms with Gasteiger partial charge in [-0.05, 0) is 93.4 Å². The van der Waals surface area contributed by atoms with Gasteiger partial charge in [-0.1, -0.05) is 34.8 Å². The molecule has 2 atom stereocenters. The zero-order valence-electron chi connectivity index (χ0n) is 18.8. The lowest BCUT2D eigenvalue weighted by atomic mass is 9.96. The maximum absolute atomic E-state index is 5.91. The first kappa shape index (κ1) is 21.7. The van der Waals surface area contributed by atoms with E-state index in [1.807, 2.05) is 12.3 Å². The molecule has 1 saturated carbocycles. The van der Waals surface area contributed by atoms with Gasteiger partial charge in [-0.2, -0.15) is 0 Å². The van der Waals surface area contributed by atoms with E-state index in [0.717, 1.165) is 21.0 Å². The Hall–Kier alpha value is -2.18. The number of anilines is 1. The Morgan fingerprint density at radius 3 is 2.53 bits per heavy atom. The highest BCUT2D eigenvalue weighted by molar-refractivity contribution is 9.10. The maximum Gasteiger partial charge on any atom is 0.174 e. The molecule has 1 N–H and O–H groups in total. The van der Waals surface area contributed by atoms with Crippen molar-refractivity contribution in [1.82, 2.24) is 14.9 Å². The number of aryl methyl sites for hydroxylation is 2. The molecule has 4 nitrogen and oxygen atoms in total. The average Bonchev–Trinajstić information content (AvgIpc) is 3.49. The molecule has 1 aromatic carbocycles. The van der Waals surface area contributed by atoms with Gasteiger partial charge in [-0.15, -0.1) is 0 Å². The number of thiocarbonyl (C=S) groups is 1. The van der Waals surface area contributed by atoms with E-state index >= 15 is 0 Å². The number of nitrogens with one attached hydrogen (secondary N) is 1. The van der Waals surface area contributed by atoms with Crippen LogP contribution >= 0.6 is 28.1 Å². The largest absolute Gasteiger partial charge is 0.351 e. The summed E-state index contributed by atoms with van der Waals surface area (Å²) in [5, 5.41) is 4.35. The minimum Gasteiger partial charge on any atom is -0.351 e. The fourth-order valence-corrected chi connectivity index (χ4v) is 6.15. The van der Waals surface area contributed by atoms with Crippen LogP contribution in [0.2, 0.25) is 0 Å². The Bertz CT molecular complexity index is 1150. The predicted molar refractivity (Wildman–Crippen MR) is 138 cm³/mol. The van der Waals surface area contributed by atoms with E-state index in [0.29, 0.717) is 6.04 Å². The number of hydrogen-bond acceptors (Lipinski definition) is 2. The topological polar surface area (TPSA) is 33.1 Å². The minimum atomic E-state index is -0.00909. The monoisotopic (exact) mass is 508 g/mol. The molecule has 0 amide bonds. The molecule has 1 saturated heterocycles. The van der Waals surface area contributed by atoms with Crippen LogP contribution in [0.5, 0.6) is 0 Å². The second-order valence-electron chi connectivity index (χ2n) is 9.06. The summed E-state index contributed by atoms with van der Waals surface area (Å²) in [5.74, 6) is 0. The van der Waals surface area contributed by atoms with Crippen LogP contribution in [-0.4, -0.2) is 14.7 Å². The van der Waals surface area contributed by atoms with Gasteiger partial charge in [0.25, 0.3) is 0 Å². The van der Waals surface area contributed by atoms with Crippen molar-refractivity contribution in [3.8, 4) is 0 Å². The van der Waals surface area contributed by atoms with Gasteiger partial charge in [0.05, 0.1) is 17.8 Å². The second-order valence-corrected chi connectivity index (χ2v) is 10.3. The zero-order valence-corrected chi connectivity index (χ0v) is 21.2. The van der Waals surface area contributed by atoms with Crippen LogP contribution in [0.4, 0.5) is 5.69 Å². The minimum absolute atomic E-state index is 0.00909. The number of halogens is 1. The maximum atomic E-state index is 5.91. The number of hydrogen-bond donors (Lipinski definition) is 1. The van der Waals surface area contributed by atoms with Gasteiger partial charge in [-0.25, -0.2) is 0 Å². The van der Waals surface area contributed by atoms with Crippen LogP contribution in [-0.2, 0) is 0 Å². The molecule has 166 valence electrons. The molecule has 6 heteroatoms. The lowest BCUT2D eigenvalue weighted by Crippen LogP contribution is -2.29. The molecule has 3 heterocycles. The van der Waals surface area contributed by atoms with E-state index in [2.05, 4.69) is 87.9 Å². The molecule has 2 aliphatic rings. The van der Waals surface area contributed by atoms with Crippen LogP contribution in [0.1, 0.15) is 72.0 Å². The van der Waals surface area contributed by atoms with E-state index in [-0.39, 0.29) is 12.1 Å². The van der Waals surface area contributed by atoms with Crippen LogP contribution in [0.15, 0.2) is 53.1 Å². The van der Waals surface area contributed by atoms with Crippen LogP contribution < -0.4 is 10.2 Å². The fourth-order valence-electron chi connectivity index (χ4n) is 5.55. The van der Waals surface area contributed by atoms with Gasteiger partial charge in [-0.3, -0.25) is 4.98 Å². The molecule has 1 aliphatic carbocycles. The van der Waals surface area contributed by atoms with E-state index in [1.165, 1.54) is 48.2 Å². The Morgan fingerprint density at radius 2 is 1.84 bits per heavy atom. The lowest BCUT2D eigenvalue weighted by Gasteiger charge is -2.29. The van der Waals surface area contributed by atoms with Crippen molar-refractivity contribution in [3.63, 3.8) is 0 Å². The van der Waals surface area contributed by atoms with Gasteiger partial charge in [0.1, 0.15) is 0 Å². The molecular weight excluding hydrogens is 480 g/mol.